The summed E-state index contributed by atoms with van der Waals surface area (Å²) in [7, 11) is 1.66. The highest BCUT2D eigenvalue weighted by Gasteiger charge is 2.07. The van der Waals surface area contributed by atoms with Crippen molar-refractivity contribution >= 4 is 5.91 Å². The third kappa shape index (κ3) is 3.74. The minimum Gasteiger partial charge on any atom is -0.496 e. The second kappa shape index (κ2) is 7.01. The third-order valence-electron chi connectivity index (χ3n) is 3.15. The molecule has 1 rings (SSSR count). The lowest BCUT2D eigenvalue weighted by Crippen LogP contribution is -2.23. The van der Waals surface area contributed by atoms with Crippen molar-refractivity contribution in [1.82, 2.24) is 5.32 Å². The molecule has 0 radical (unpaired) electrons. The average molecular weight is 250 g/mol. The van der Waals surface area contributed by atoms with Gasteiger partial charge in [-0.1, -0.05) is 6.07 Å². The molecule has 0 bridgehead atoms. The van der Waals surface area contributed by atoms with E-state index in [1.807, 2.05) is 26.0 Å². The number of ether oxygens (including phenoxy) is 1. The molecule has 0 atom stereocenters. The van der Waals surface area contributed by atoms with Gasteiger partial charge in [0.1, 0.15) is 5.75 Å². The van der Waals surface area contributed by atoms with Crippen LogP contribution in [0.3, 0.4) is 0 Å². The summed E-state index contributed by atoms with van der Waals surface area (Å²) in [5, 5.41) is 2.90. The molecule has 0 unspecified atom stereocenters. The van der Waals surface area contributed by atoms with Crippen LogP contribution in [0.4, 0.5) is 0 Å². The maximum absolute atomic E-state index is 11.5. The normalized spacial score (nSPS) is 10.2. The highest BCUT2D eigenvalue weighted by atomic mass is 16.5. The Morgan fingerprint density at radius 2 is 2.06 bits per heavy atom. The Bertz CT molecular complexity index is 417. The first-order valence-corrected chi connectivity index (χ1v) is 6.20. The fraction of sp³-hybridized carbons (Fsp3) is 0.500. The summed E-state index contributed by atoms with van der Waals surface area (Å²) in [6.45, 7) is 5.17. The summed E-state index contributed by atoms with van der Waals surface area (Å²) in [6.07, 6.45) is 1.22. The zero-order valence-electron chi connectivity index (χ0n) is 11.4. The predicted octanol–water partition coefficient (Wildman–Crippen LogP) is 1.67. The van der Waals surface area contributed by atoms with Crippen molar-refractivity contribution in [2.45, 2.75) is 33.2 Å². The van der Waals surface area contributed by atoms with Gasteiger partial charge in [0.25, 0.3) is 0 Å². The Morgan fingerprint density at radius 1 is 1.33 bits per heavy atom. The first kappa shape index (κ1) is 14.5. The van der Waals surface area contributed by atoms with E-state index in [-0.39, 0.29) is 5.91 Å². The van der Waals surface area contributed by atoms with Gasteiger partial charge < -0.3 is 15.8 Å². The standard InChI is InChI=1S/C14H22N2O2/c1-10-11(2)13(18-3)7-6-12(10)9-16-14(17)5-4-8-15/h6-7H,4-5,8-9,15H2,1-3H3,(H,16,17). The molecule has 0 spiro atoms. The van der Waals surface area contributed by atoms with Crippen LogP contribution in [0.5, 0.6) is 5.75 Å². The number of carbonyl (C=O) groups is 1. The Balaban J connectivity index is 2.63. The second-order valence-electron chi connectivity index (χ2n) is 4.35. The lowest BCUT2D eigenvalue weighted by atomic mass is 10.0. The van der Waals surface area contributed by atoms with Gasteiger partial charge in [0.05, 0.1) is 7.11 Å². The number of benzene rings is 1. The Labute approximate surface area is 109 Å². The fourth-order valence-corrected chi connectivity index (χ4v) is 1.81. The van der Waals surface area contributed by atoms with E-state index in [2.05, 4.69) is 5.32 Å². The quantitative estimate of drug-likeness (QED) is 0.807. The molecule has 4 heteroatoms. The molecule has 0 aromatic heterocycles. The Morgan fingerprint density at radius 3 is 2.67 bits per heavy atom. The summed E-state index contributed by atoms with van der Waals surface area (Å²) < 4.78 is 5.26. The number of methoxy groups -OCH3 is 1. The molecule has 0 fully saturated rings. The smallest absolute Gasteiger partial charge is 0.220 e. The van der Waals surface area contributed by atoms with Crippen molar-refractivity contribution in [1.29, 1.82) is 0 Å². The first-order valence-electron chi connectivity index (χ1n) is 6.20. The van der Waals surface area contributed by atoms with Crippen LogP contribution >= 0.6 is 0 Å². The Hall–Kier alpha value is -1.55. The summed E-state index contributed by atoms with van der Waals surface area (Å²) >= 11 is 0. The van der Waals surface area contributed by atoms with Crippen LogP contribution in [0.1, 0.15) is 29.5 Å². The number of nitrogens with two attached hydrogens (primary N) is 1. The summed E-state index contributed by atoms with van der Waals surface area (Å²) in [6, 6.07) is 3.92. The van der Waals surface area contributed by atoms with Crippen molar-refractivity contribution in [2.24, 2.45) is 5.73 Å². The number of nitrogens with one attached hydrogen (secondary N) is 1. The van der Waals surface area contributed by atoms with Gasteiger partial charge in [-0.05, 0) is 49.6 Å². The van der Waals surface area contributed by atoms with Gasteiger partial charge in [0.15, 0.2) is 0 Å². The lowest BCUT2D eigenvalue weighted by molar-refractivity contribution is -0.121. The first-order chi connectivity index (χ1) is 8.60. The number of hydrogen-bond donors (Lipinski definition) is 2. The molecule has 0 saturated heterocycles. The van der Waals surface area contributed by atoms with Crippen molar-refractivity contribution in [3.63, 3.8) is 0 Å². The van der Waals surface area contributed by atoms with Crippen molar-refractivity contribution in [3.05, 3.63) is 28.8 Å². The maximum Gasteiger partial charge on any atom is 0.220 e. The van der Waals surface area contributed by atoms with Gasteiger partial charge in [-0.2, -0.15) is 0 Å². The third-order valence-corrected chi connectivity index (χ3v) is 3.15. The molecule has 18 heavy (non-hydrogen) atoms. The van der Waals surface area contributed by atoms with Gasteiger partial charge in [-0.25, -0.2) is 0 Å². The molecule has 4 nitrogen and oxygen atoms in total. The van der Waals surface area contributed by atoms with E-state index >= 15 is 0 Å². The van der Waals surface area contributed by atoms with Crippen LogP contribution in [0.2, 0.25) is 0 Å². The van der Waals surface area contributed by atoms with Crippen molar-refractivity contribution in [3.8, 4) is 5.75 Å². The van der Waals surface area contributed by atoms with Crippen LogP contribution in [-0.2, 0) is 11.3 Å². The molecule has 1 aromatic rings. The topological polar surface area (TPSA) is 64.3 Å². The fourth-order valence-electron chi connectivity index (χ4n) is 1.81. The van der Waals surface area contributed by atoms with Crippen LogP contribution < -0.4 is 15.8 Å². The maximum atomic E-state index is 11.5. The molecule has 1 aromatic carbocycles. The minimum atomic E-state index is 0.0494. The van der Waals surface area contributed by atoms with E-state index < -0.39 is 0 Å². The van der Waals surface area contributed by atoms with Crippen LogP contribution in [0.15, 0.2) is 12.1 Å². The molecule has 1 amide bonds. The van der Waals surface area contributed by atoms with Gasteiger partial charge in [-0.15, -0.1) is 0 Å². The molecule has 3 N–H and O–H groups in total. The van der Waals surface area contributed by atoms with E-state index in [0.717, 1.165) is 28.9 Å². The van der Waals surface area contributed by atoms with Crippen LogP contribution in [0.25, 0.3) is 0 Å². The van der Waals surface area contributed by atoms with Gasteiger partial charge >= 0.3 is 0 Å². The van der Waals surface area contributed by atoms with Crippen LogP contribution in [-0.4, -0.2) is 19.6 Å². The summed E-state index contributed by atoms with van der Waals surface area (Å²) in [5.41, 5.74) is 8.76. The molecule has 0 aliphatic heterocycles. The predicted molar refractivity (Wildman–Crippen MR) is 72.6 cm³/mol. The number of rotatable bonds is 6. The van der Waals surface area contributed by atoms with E-state index in [9.17, 15) is 4.79 Å². The van der Waals surface area contributed by atoms with E-state index in [0.29, 0.717) is 19.5 Å². The summed E-state index contributed by atoms with van der Waals surface area (Å²) in [5.74, 6) is 0.930. The molecular formula is C14H22N2O2. The highest BCUT2D eigenvalue weighted by molar-refractivity contribution is 5.75. The van der Waals surface area contributed by atoms with Gasteiger partial charge in [-0.3, -0.25) is 4.79 Å². The molecule has 100 valence electrons. The zero-order valence-corrected chi connectivity index (χ0v) is 11.4. The molecule has 0 heterocycles. The largest absolute Gasteiger partial charge is 0.496 e. The van der Waals surface area contributed by atoms with E-state index in [1.54, 1.807) is 7.11 Å². The van der Waals surface area contributed by atoms with Crippen molar-refractivity contribution < 1.29 is 9.53 Å². The number of amides is 1. The SMILES string of the molecule is COc1ccc(CNC(=O)CCCN)c(C)c1C. The van der Waals surface area contributed by atoms with E-state index in [1.165, 1.54) is 0 Å². The van der Waals surface area contributed by atoms with E-state index in [4.69, 9.17) is 10.5 Å². The molecular weight excluding hydrogens is 228 g/mol. The zero-order chi connectivity index (χ0) is 13.5. The molecule has 0 aliphatic carbocycles. The molecule has 0 saturated carbocycles. The summed E-state index contributed by atoms with van der Waals surface area (Å²) in [4.78, 5) is 11.5. The molecule has 0 aliphatic rings. The van der Waals surface area contributed by atoms with Gasteiger partial charge in [0, 0.05) is 13.0 Å². The number of hydrogen-bond acceptors (Lipinski definition) is 3. The minimum absolute atomic E-state index is 0.0494. The monoisotopic (exact) mass is 250 g/mol. The lowest BCUT2D eigenvalue weighted by Gasteiger charge is -2.13. The van der Waals surface area contributed by atoms with Gasteiger partial charge in [0.2, 0.25) is 5.91 Å². The number of carbonyl (C=O) groups excluding carboxylic acids is 1. The highest BCUT2D eigenvalue weighted by Crippen LogP contribution is 2.23. The van der Waals surface area contributed by atoms with Crippen molar-refractivity contribution in [2.75, 3.05) is 13.7 Å². The second-order valence-corrected chi connectivity index (χ2v) is 4.35. The Kier molecular flexibility index (Phi) is 5.65. The average Bonchev–Trinajstić information content (AvgIpc) is 2.38. The van der Waals surface area contributed by atoms with Crippen LogP contribution in [0, 0.1) is 13.8 Å².